The lowest BCUT2D eigenvalue weighted by Gasteiger charge is -2.34. The number of halogens is 4. The maximum atomic E-state index is 15.4. The number of guanidine groups is 1. The van der Waals surface area contributed by atoms with Crippen molar-refractivity contribution in [3.05, 3.63) is 89.3 Å². The van der Waals surface area contributed by atoms with Crippen LogP contribution < -0.4 is 4.90 Å². The molecule has 0 saturated heterocycles. The summed E-state index contributed by atoms with van der Waals surface area (Å²) in [5.74, 6) is -2.15. The maximum Gasteiger partial charge on any atom is 0.283 e. The van der Waals surface area contributed by atoms with E-state index < -0.39 is 34.7 Å². The zero-order valence-electron chi connectivity index (χ0n) is 21.9. The Bertz CT molecular complexity index is 1710. The van der Waals surface area contributed by atoms with Crippen LogP contribution in [0.2, 0.25) is 0 Å². The van der Waals surface area contributed by atoms with Crippen molar-refractivity contribution in [3.63, 3.8) is 0 Å². The molecule has 2 aromatic carbocycles. The van der Waals surface area contributed by atoms with E-state index in [0.29, 0.717) is 24.9 Å². The number of hydrogen-bond acceptors (Lipinski definition) is 5. The van der Waals surface area contributed by atoms with Crippen LogP contribution in [0.3, 0.4) is 0 Å². The van der Waals surface area contributed by atoms with E-state index in [1.165, 1.54) is 41.4 Å². The van der Waals surface area contributed by atoms with Crippen LogP contribution in [-0.4, -0.2) is 49.9 Å². The first-order valence-electron chi connectivity index (χ1n) is 12.7. The monoisotopic (exact) mass is 548 g/mol. The van der Waals surface area contributed by atoms with Crippen molar-refractivity contribution in [2.24, 2.45) is 4.99 Å². The smallest absolute Gasteiger partial charge is 0.283 e. The lowest BCUT2D eigenvalue weighted by atomic mass is 10.1. The summed E-state index contributed by atoms with van der Waals surface area (Å²) in [4.78, 5) is 30.6. The Hall–Kier alpha value is -4.54. The molecule has 0 unspecified atom stereocenters. The van der Waals surface area contributed by atoms with Gasteiger partial charge in [0.05, 0.1) is 18.6 Å². The van der Waals surface area contributed by atoms with E-state index in [1.54, 1.807) is 10.6 Å². The molecule has 0 saturated carbocycles. The largest absolute Gasteiger partial charge is 0.305 e. The molecule has 0 N–H and O–H groups in total. The Morgan fingerprint density at radius 3 is 2.40 bits per heavy atom. The molecule has 4 heterocycles. The van der Waals surface area contributed by atoms with Crippen molar-refractivity contribution in [2.45, 2.75) is 32.9 Å². The SMILES string of the molecule is CCN1C(=O)c2nc(-c3cnc(-c4cccc(F)c4)c(F)c3)n(Cc3ccc(F)cc3F)c2N2CC(C)(C)N=C12. The van der Waals surface area contributed by atoms with Gasteiger partial charge in [-0.15, -0.1) is 0 Å². The maximum absolute atomic E-state index is 15.4. The number of aromatic nitrogens is 3. The van der Waals surface area contributed by atoms with Crippen LogP contribution in [0.4, 0.5) is 23.4 Å². The molecule has 0 aliphatic carbocycles. The van der Waals surface area contributed by atoms with E-state index >= 15 is 4.39 Å². The van der Waals surface area contributed by atoms with Gasteiger partial charge in [0.2, 0.25) is 5.96 Å². The third-order valence-corrected chi connectivity index (χ3v) is 6.93. The zero-order chi connectivity index (χ0) is 28.3. The van der Waals surface area contributed by atoms with Crippen molar-refractivity contribution in [3.8, 4) is 22.6 Å². The number of aliphatic imine (C=N–C) groups is 1. The molecule has 0 bridgehead atoms. The van der Waals surface area contributed by atoms with Gasteiger partial charge >= 0.3 is 0 Å². The summed E-state index contributed by atoms with van der Waals surface area (Å²) in [6.07, 6.45) is 1.37. The van der Waals surface area contributed by atoms with Gasteiger partial charge in [-0.05, 0) is 45.0 Å². The van der Waals surface area contributed by atoms with Gasteiger partial charge in [-0.2, -0.15) is 0 Å². The summed E-state index contributed by atoms with van der Waals surface area (Å²) in [6.45, 7) is 6.33. The zero-order valence-corrected chi connectivity index (χ0v) is 21.9. The number of benzene rings is 2. The summed E-state index contributed by atoms with van der Waals surface area (Å²) in [6, 6.07) is 9.87. The summed E-state index contributed by atoms with van der Waals surface area (Å²) in [5, 5.41) is 0. The number of nitrogens with zero attached hydrogens (tertiary/aromatic N) is 6. The quantitative estimate of drug-likeness (QED) is 0.303. The van der Waals surface area contributed by atoms with E-state index in [4.69, 9.17) is 4.99 Å². The summed E-state index contributed by atoms with van der Waals surface area (Å²) in [5.41, 5.74) is 0.151. The lowest BCUT2D eigenvalue weighted by Crippen LogP contribution is -2.51. The van der Waals surface area contributed by atoms with E-state index in [9.17, 15) is 18.0 Å². The lowest BCUT2D eigenvalue weighted by molar-refractivity contribution is 0.0841. The normalized spacial score (nSPS) is 15.8. The number of carbonyl (C=O) groups is 1. The standard InChI is InChI=1S/C29H24F4N6O/c1-4-37-27(40)24-26(39-15-29(2,3)36-28(37)39)38(14-17-8-9-20(31)12-21(17)32)25(35-24)18-11-22(33)23(34-13-18)16-6-5-7-19(30)10-16/h5-13H,4,14-15H2,1-3H3. The number of amides is 1. The van der Waals surface area contributed by atoms with E-state index in [2.05, 4.69) is 9.97 Å². The number of carbonyl (C=O) groups excluding carboxylic acids is 1. The molecule has 11 heteroatoms. The van der Waals surface area contributed by atoms with Gasteiger partial charge < -0.3 is 4.57 Å². The molecule has 1 amide bonds. The van der Waals surface area contributed by atoms with Crippen molar-refractivity contribution < 1.29 is 22.4 Å². The third-order valence-electron chi connectivity index (χ3n) is 6.93. The summed E-state index contributed by atoms with van der Waals surface area (Å²) >= 11 is 0. The van der Waals surface area contributed by atoms with Gasteiger partial charge in [-0.3, -0.25) is 19.6 Å². The second-order valence-electron chi connectivity index (χ2n) is 10.4. The fraction of sp³-hybridized carbons (Fsp3) is 0.241. The first kappa shape index (κ1) is 25.7. The Labute approximate surface area is 227 Å². The van der Waals surface area contributed by atoms with Crippen LogP contribution in [0.1, 0.15) is 36.8 Å². The fourth-order valence-electron chi connectivity index (χ4n) is 5.16. The molecular formula is C29H24F4N6O. The van der Waals surface area contributed by atoms with Gasteiger partial charge in [0.25, 0.3) is 5.91 Å². The molecule has 204 valence electrons. The van der Waals surface area contributed by atoms with Crippen LogP contribution in [0.15, 0.2) is 59.7 Å². The Balaban J connectivity index is 1.55. The minimum atomic E-state index is -0.771. The fourth-order valence-corrected chi connectivity index (χ4v) is 5.16. The highest BCUT2D eigenvalue weighted by atomic mass is 19.1. The summed E-state index contributed by atoms with van der Waals surface area (Å²) < 4.78 is 59.3. The average Bonchev–Trinajstić information content (AvgIpc) is 3.43. The second-order valence-corrected chi connectivity index (χ2v) is 10.4. The highest BCUT2D eigenvalue weighted by molar-refractivity contribution is 6.18. The van der Waals surface area contributed by atoms with Gasteiger partial charge in [-0.25, -0.2) is 27.5 Å². The van der Waals surface area contributed by atoms with Crippen LogP contribution >= 0.6 is 0 Å². The molecule has 2 aromatic heterocycles. The number of anilines is 1. The molecule has 2 aliphatic heterocycles. The molecule has 0 spiro atoms. The third kappa shape index (κ3) is 4.21. The molecule has 6 rings (SSSR count). The van der Waals surface area contributed by atoms with Gasteiger partial charge in [0, 0.05) is 35.5 Å². The number of imidazole rings is 1. The molecule has 7 nitrogen and oxygen atoms in total. The topological polar surface area (TPSA) is 66.6 Å². The molecular weight excluding hydrogens is 524 g/mol. The molecule has 0 radical (unpaired) electrons. The Morgan fingerprint density at radius 1 is 0.925 bits per heavy atom. The molecule has 0 atom stereocenters. The van der Waals surface area contributed by atoms with Crippen LogP contribution in [0.25, 0.3) is 22.6 Å². The predicted octanol–water partition coefficient (Wildman–Crippen LogP) is 5.65. The molecule has 0 fully saturated rings. The first-order valence-corrected chi connectivity index (χ1v) is 12.7. The number of rotatable bonds is 5. The first-order chi connectivity index (χ1) is 19.1. The minimum absolute atomic E-state index is 0.0559. The number of hydrogen-bond donors (Lipinski definition) is 0. The minimum Gasteiger partial charge on any atom is -0.305 e. The summed E-state index contributed by atoms with van der Waals surface area (Å²) in [7, 11) is 0. The predicted molar refractivity (Wildman–Crippen MR) is 142 cm³/mol. The molecule has 40 heavy (non-hydrogen) atoms. The average molecular weight is 549 g/mol. The highest BCUT2D eigenvalue weighted by Gasteiger charge is 2.46. The van der Waals surface area contributed by atoms with Gasteiger partial charge in [0.15, 0.2) is 5.69 Å². The second kappa shape index (κ2) is 9.29. The molecule has 4 aromatic rings. The Morgan fingerprint density at radius 2 is 1.70 bits per heavy atom. The van der Waals surface area contributed by atoms with Crippen LogP contribution in [0, 0.1) is 23.3 Å². The van der Waals surface area contributed by atoms with Gasteiger partial charge in [-0.1, -0.05) is 18.2 Å². The van der Waals surface area contributed by atoms with Crippen molar-refractivity contribution in [1.29, 1.82) is 0 Å². The number of fused-ring (bicyclic) bond motifs is 3. The van der Waals surface area contributed by atoms with E-state index in [0.717, 1.165) is 12.1 Å². The Kier molecular flexibility index (Phi) is 5.97. The van der Waals surface area contributed by atoms with Crippen molar-refractivity contribution in [1.82, 2.24) is 19.4 Å². The van der Waals surface area contributed by atoms with Crippen LogP contribution in [0.5, 0.6) is 0 Å². The van der Waals surface area contributed by atoms with Gasteiger partial charge in [0.1, 0.15) is 40.6 Å². The van der Waals surface area contributed by atoms with E-state index in [-0.39, 0.29) is 40.4 Å². The number of pyridine rings is 1. The van der Waals surface area contributed by atoms with Crippen molar-refractivity contribution in [2.75, 3.05) is 18.0 Å². The highest BCUT2D eigenvalue weighted by Crippen LogP contribution is 2.39. The molecule has 2 aliphatic rings. The van der Waals surface area contributed by atoms with E-state index in [1.807, 2.05) is 25.7 Å². The van der Waals surface area contributed by atoms with Crippen molar-refractivity contribution >= 4 is 17.7 Å². The van der Waals surface area contributed by atoms with Crippen LogP contribution in [-0.2, 0) is 6.54 Å².